The van der Waals surface area contributed by atoms with Gasteiger partial charge in [-0.2, -0.15) is 0 Å². The normalized spacial score (nSPS) is 12.3. The van der Waals surface area contributed by atoms with E-state index < -0.39 is 0 Å². The predicted molar refractivity (Wildman–Crippen MR) is 57.0 cm³/mol. The highest BCUT2D eigenvalue weighted by atomic mass is 19.1. The van der Waals surface area contributed by atoms with Crippen molar-refractivity contribution in [3.05, 3.63) is 35.8 Å². The van der Waals surface area contributed by atoms with Crippen molar-refractivity contribution in [3.63, 3.8) is 0 Å². The molecule has 2 rings (SSSR count). The smallest absolute Gasteiger partial charge is 0.123 e. The molecule has 1 heterocycles. The minimum Gasteiger partial charge on any atom is -0.358 e. The lowest BCUT2D eigenvalue weighted by Crippen LogP contribution is -2.10. The molecule has 0 amide bonds. The number of rotatable bonds is 0. The van der Waals surface area contributed by atoms with E-state index in [2.05, 4.69) is 25.8 Å². The molecular weight excluding hydrogens is 177 g/mol. The molecule has 0 aliphatic heterocycles. The summed E-state index contributed by atoms with van der Waals surface area (Å²) in [5.41, 5.74) is 2.21. The Morgan fingerprint density at radius 2 is 1.86 bits per heavy atom. The molecule has 1 N–H and O–H groups in total. The van der Waals surface area contributed by atoms with Crippen LogP contribution in [0.3, 0.4) is 0 Å². The van der Waals surface area contributed by atoms with Gasteiger partial charge in [-0.1, -0.05) is 20.8 Å². The standard InChI is InChI=1S/C12H14FN/c1-12(2,3)11-7-8-6-9(13)4-5-10(8)14-11/h4-7,14H,1-3H3. The molecule has 0 saturated carbocycles. The van der Waals surface area contributed by atoms with Gasteiger partial charge >= 0.3 is 0 Å². The average molecular weight is 191 g/mol. The average Bonchev–Trinajstić information content (AvgIpc) is 2.45. The van der Waals surface area contributed by atoms with Crippen LogP contribution in [0.1, 0.15) is 26.5 Å². The summed E-state index contributed by atoms with van der Waals surface area (Å²) in [6.45, 7) is 6.40. The van der Waals surface area contributed by atoms with Gasteiger partial charge in [-0.15, -0.1) is 0 Å². The molecular formula is C12H14FN. The Bertz CT molecular complexity index is 463. The van der Waals surface area contributed by atoms with Crippen molar-refractivity contribution in [2.45, 2.75) is 26.2 Å². The highest BCUT2D eigenvalue weighted by Crippen LogP contribution is 2.25. The topological polar surface area (TPSA) is 15.8 Å². The molecule has 2 aromatic rings. The molecule has 0 fully saturated rings. The fourth-order valence-corrected chi connectivity index (χ4v) is 1.51. The van der Waals surface area contributed by atoms with Gasteiger partial charge in [-0.05, 0) is 24.3 Å². The third kappa shape index (κ3) is 1.52. The zero-order valence-electron chi connectivity index (χ0n) is 8.69. The molecule has 0 spiro atoms. The van der Waals surface area contributed by atoms with Crippen LogP contribution in [0, 0.1) is 5.82 Å². The van der Waals surface area contributed by atoms with Crippen LogP contribution in [0.15, 0.2) is 24.3 Å². The van der Waals surface area contributed by atoms with Crippen molar-refractivity contribution < 1.29 is 4.39 Å². The maximum atomic E-state index is 12.9. The lowest BCUT2D eigenvalue weighted by molar-refractivity contribution is 0.574. The molecule has 14 heavy (non-hydrogen) atoms. The fraction of sp³-hybridized carbons (Fsp3) is 0.333. The summed E-state index contributed by atoms with van der Waals surface area (Å²) in [5, 5.41) is 0.940. The highest BCUT2D eigenvalue weighted by Gasteiger charge is 2.15. The summed E-state index contributed by atoms with van der Waals surface area (Å²) in [5.74, 6) is -0.183. The second kappa shape index (κ2) is 2.84. The first kappa shape index (κ1) is 9.25. The van der Waals surface area contributed by atoms with Crippen molar-refractivity contribution in [1.29, 1.82) is 0 Å². The van der Waals surface area contributed by atoms with Crippen molar-refractivity contribution in [2.24, 2.45) is 0 Å². The minimum absolute atomic E-state index is 0.0789. The van der Waals surface area contributed by atoms with Crippen LogP contribution >= 0.6 is 0 Å². The van der Waals surface area contributed by atoms with E-state index in [9.17, 15) is 4.39 Å². The first-order valence-electron chi connectivity index (χ1n) is 4.75. The summed E-state index contributed by atoms with van der Waals surface area (Å²) in [4.78, 5) is 3.30. The number of hydrogen-bond donors (Lipinski definition) is 1. The fourth-order valence-electron chi connectivity index (χ4n) is 1.51. The van der Waals surface area contributed by atoms with Gasteiger partial charge in [0.25, 0.3) is 0 Å². The predicted octanol–water partition coefficient (Wildman–Crippen LogP) is 3.60. The number of H-pyrrole nitrogens is 1. The summed E-state index contributed by atoms with van der Waals surface area (Å²) in [7, 11) is 0. The maximum Gasteiger partial charge on any atom is 0.123 e. The van der Waals surface area contributed by atoms with E-state index in [1.54, 1.807) is 12.1 Å². The quantitative estimate of drug-likeness (QED) is 0.654. The Hall–Kier alpha value is -1.31. The highest BCUT2D eigenvalue weighted by molar-refractivity contribution is 5.80. The van der Waals surface area contributed by atoms with E-state index in [1.807, 2.05) is 6.07 Å². The maximum absolute atomic E-state index is 12.9. The molecule has 2 heteroatoms. The third-order valence-electron chi connectivity index (χ3n) is 2.39. The van der Waals surface area contributed by atoms with Crippen LogP contribution in [0.5, 0.6) is 0 Å². The zero-order chi connectivity index (χ0) is 10.3. The molecule has 1 nitrogen and oxygen atoms in total. The number of nitrogens with one attached hydrogen (secondary N) is 1. The van der Waals surface area contributed by atoms with Crippen LogP contribution in [0.2, 0.25) is 0 Å². The van der Waals surface area contributed by atoms with E-state index in [0.29, 0.717) is 0 Å². The first-order chi connectivity index (χ1) is 6.47. The molecule has 0 aliphatic carbocycles. The van der Waals surface area contributed by atoms with E-state index in [-0.39, 0.29) is 11.2 Å². The van der Waals surface area contributed by atoms with Gasteiger partial charge in [0.2, 0.25) is 0 Å². The lowest BCUT2D eigenvalue weighted by Gasteiger charge is -2.15. The monoisotopic (exact) mass is 191 g/mol. The van der Waals surface area contributed by atoms with Gasteiger partial charge in [0.1, 0.15) is 5.82 Å². The second-order valence-electron chi connectivity index (χ2n) is 4.66. The van der Waals surface area contributed by atoms with Crippen molar-refractivity contribution in [1.82, 2.24) is 4.98 Å². The molecule has 0 bridgehead atoms. The summed E-state index contributed by atoms with van der Waals surface area (Å²) < 4.78 is 12.9. The van der Waals surface area contributed by atoms with Crippen molar-refractivity contribution in [3.8, 4) is 0 Å². The number of benzene rings is 1. The number of halogens is 1. The van der Waals surface area contributed by atoms with Crippen molar-refractivity contribution >= 4 is 10.9 Å². The zero-order valence-corrected chi connectivity index (χ0v) is 8.69. The molecule has 1 aromatic heterocycles. The first-order valence-corrected chi connectivity index (χ1v) is 4.75. The van der Waals surface area contributed by atoms with Gasteiger partial charge in [-0.25, -0.2) is 4.39 Å². The molecule has 0 saturated heterocycles. The lowest BCUT2D eigenvalue weighted by atomic mass is 9.92. The van der Waals surface area contributed by atoms with E-state index >= 15 is 0 Å². The Morgan fingerprint density at radius 3 is 2.50 bits per heavy atom. The summed E-state index contributed by atoms with van der Waals surface area (Å²) in [6.07, 6.45) is 0. The van der Waals surface area contributed by atoms with Gasteiger partial charge < -0.3 is 4.98 Å². The van der Waals surface area contributed by atoms with Gasteiger partial charge in [0.15, 0.2) is 0 Å². The molecule has 0 atom stereocenters. The van der Waals surface area contributed by atoms with E-state index in [1.165, 1.54) is 6.07 Å². The summed E-state index contributed by atoms with van der Waals surface area (Å²) in [6, 6.07) is 6.82. The van der Waals surface area contributed by atoms with Crippen LogP contribution in [0.4, 0.5) is 4.39 Å². The number of aromatic nitrogens is 1. The van der Waals surface area contributed by atoms with Gasteiger partial charge in [-0.3, -0.25) is 0 Å². The molecule has 0 unspecified atom stereocenters. The Morgan fingerprint density at radius 1 is 1.14 bits per heavy atom. The Labute approximate surface area is 82.9 Å². The van der Waals surface area contributed by atoms with Crippen LogP contribution < -0.4 is 0 Å². The Balaban J connectivity index is 2.63. The van der Waals surface area contributed by atoms with Crippen LogP contribution in [-0.4, -0.2) is 4.98 Å². The van der Waals surface area contributed by atoms with Gasteiger partial charge in [0, 0.05) is 22.0 Å². The molecule has 0 radical (unpaired) electrons. The SMILES string of the molecule is CC(C)(C)c1cc2cc(F)ccc2[nH]1. The molecule has 0 aliphatic rings. The third-order valence-corrected chi connectivity index (χ3v) is 2.39. The largest absolute Gasteiger partial charge is 0.358 e. The van der Waals surface area contributed by atoms with Crippen LogP contribution in [0.25, 0.3) is 10.9 Å². The minimum atomic E-state index is -0.183. The summed E-state index contributed by atoms with van der Waals surface area (Å²) >= 11 is 0. The van der Waals surface area contributed by atoms with E-state index in [4.69, 9.17) is 0 Å². The van der Waals surface area contributed by atoms with Gasteiger partial charge in [0.05, 0.1) is 0 Å². The molecule has 74 valence electrons. The van der Waals surface area contributed by atoms with E-state index in [0.717, 1.165) is 16.6 Å². The number of fused-ring (bicyclic) bond motifs is 1. The molecule has 1 aromatic carbocycles. The number of aromatic amines is 1. The second-order valence-corrected chi connectivity index (χ2v) is 4.66. The van der Waals surface area contributed by atoms with Crippen LogP contribution in [-0.2, 0) is 5.41 Å². The Kier molecular flexibility index (Phi) is 1.88. The van der Waals surface area contributed by atoms with Crippen molar-refractivity contribution in [2.75, 3.05) is 0 Å². The number of hydrogen-bond acceptors (Lipinski definition) is 0.